The van der Waals surface area contributed by atoms with Crippen molar-refractivity contribution in [2.24, 2.45) is 4.99 Å². The van der Waals surface area contributed by atoms with Gasteiger partial charge in [-0.25, -0.2) is 4.99 Å². The van der Waals surface area contributed by atoms with Gasteiger partial charge in [0.25, 0.3) is 0 Å². The number of thioether (sulfide) groups is 1. The molecule has 1 saturated heterocycles. The van der Waals surface area contributed by atoms with Crippen molar-refractivity contribution in [1.82, 2.24) is 4.90 Å². The number of amidine groups is 1. The molecule has 1 atom stereocenters. The van der Waals surface area contributed by atoms with Crippen molar-refractivity contribution >= 4 is 34.5 Å². The van der Waals surface area contributed by atoms with Gasteiger partial charge in [0.05, 0.1) is 24.0 Å². The summed E-state index contributed by atoms with van der Waals surface area (Å²) in [5, 5.41) is 10.5. The molecule has 1 amide bonds. The molecule has 0 spiro atoms. The van der Waals surface area contributed by atoms with E-state index in [0.717, 1.165) is 11.8 Å². The van der Waals surface area contributed by atoms with Crippen LogP contribution < -0.4 is 9.84 Å². The van der Waals surface area contributed by atoms with Crippen molar-refractivity contribution in [2.75, 3.05) is 13.7 Å². The number of benzene rings is 1. The zero-order valence-corrected chi connectivity index (χ0v) is 12.6. The Hall–Kier alpha value is -2.02. The van der Waals surface area contributed by atoms with E-state index in [1.807, 2.05) is 6.92 Å². The number of methoxy groups -OCH3 is 1. The molecule has 0 bridgehead atoms. The highest BCUT2D eigenvalue weighted by molar-refractivity contribution is 8.15. The SMILES string of the molecule is CCN1C(=O)C[C@H](C(=O)[O-])SC1=Nc1ccc(OC)cc1. The lowest BCUT2D eigenvalue weighted by Gasteiger charge is -2.31. The van der Waals surface area contributed by atoms with Gasteiger partial charge < -0.3 is 14.6 Å². The van der Waals surface area contributed by atoms with Crippen LogP contribution in [0, 0.1) is 0 Å². The van der Waals surface area contributed by atoms with E-state index in [2.05, 4.69) is 4.99 Å². The van der Waals surface area contributed by atoms with E-state index in [1.165, 1.54) is 4.90 Å². The Morgan fingerprint density at radius 2 is 2.14 bits per heavy atom. The Labute approximate surface area is 126 Å². The van der Waals surface area contributed by atoms with Crippen LogP contribution in [0.5, 0.6) is 5.75 Å². The number of aliphatic imine (C=N–C) groups is 1. The maximum Gasteiger partial charge on any atom is 0.230 e. The molecule has 1 aliphatic heterocycles. The standard InChI is InChI=1S/C14H16N2O4S/c1-3-16-12(17)8-11(13(18)19)21-14(16)15-9-4-6-10(20-2)7-5-9/h4-7,11H,3,8H2,1-2H3,(H,18,19)/p-1/t11-/m1/s1. The molecule has 0 aliphatic carbocycles. The first-order valence-corrected chi connectivity index (χ1v) is 7.33. The number of rotatable bonds is 4. The number of hydrogen-bond acceptors (Lipinski definition) is 6. The molecule has 2 rings (SSSR count). The van der Waals surface area contributed by atoms with E-state index in [-0.39, 0.29) is 12.3 Å². The van der Waals surface area contributed by atoms with Crippen LogP contribution in [0.15, 0.2) is 29.3 Å². The molecule has 1 aromatic rings. The fraction of sp³-hybridized carbons (Fsp3) is 0.357. The predicted molar refractivity (Wildman–Crippen MR) is 78.5 cm³/mol. The predicted octanol–water partition coefficient (Wildman–Crippen LogP) is 0.787. The summed E-state index contributed by atoms with van der Waals surface area (Å²) in [5.41, 5.74) is 0.628. The minimum atomic E-state index is -1.24. The van der Waals surface area contributed by atoms with Gasteiger partial charge >= 0.3 is 0 Å². The number of nitrogens with zero attached hydrogens (tertiary/aromatic N) is 2. The number of hydrogen-bond donors (Lipinski definition) is 0. The van der Waals surface area contributed by atoms with Gasteiger partial charge in [-0.15, -0.1) is 0 Å². The second kappa shape index (κ2) is 6.62. The Morgan fingerprint density at radius 1 is 1.48 bits per heavy atom. The minimum Gasteiger partial charge on any atom is -0.549 e. The fourth-order valence-electron chi connectivity index (χ4n) is 1.90. The average molecular weight is 307 g/mol. The molecule has 112 valence electrons. The van der Waals surface area contributed by atoms with E-state index < -0.39 is 11.2 Å². The first-order valence-electron chi connectivity index (χ1n) is 6.45. The van der Waals surface area contributed by atoms with Crippen molar-refractivity contribution in [3.8, 4) is 5.75 Å². The Morgan fingerprint density at radius 3 is 2.67 bits per heavy atom. The van der Waals surface area contributed by atoms with Crippen LogP contribution in [0.1, 0.15) is 13.3 Å². The second-order valence-corrected chi connectivity index (χ2v) is 5.53. The van der Waals surface area contributed by atoms with Crippen LogP contribution in [0.3, 0.4) is 0 Å². The van der Waals surface area contributed by atoms with Crippen molar-refractivity contribution < 1.29 is 19.4 Å². The maximum atomic E-state index is 12.0. The minimum absolute atomic E-state index is 0.0670. The van der Waals surface area contributed by atoms with Gasteiger partial charge in [0.15, 0.2) is 5.17 Å². The summed E-state index contributed by atoms with van der Waals surface area (Å²) in [7, 11) is 1.57. The number of carbonyl (C=O) groups excluding carboxylic acids is 2. The zero-order chi connectivity index (χ0) is 15.4. The van der Waals surface area contributed by atoms with Gasteiger partial charge in [0.1, 0.15) is 5.75 Å². The quantitative estimate of drug-likeness (QED) is 0.821. The van der Waals surface area contributed by atoms with Crippen LogP contribution in [0.25, 0.3) is 0 Å². The van der Waals surface area contributed by atoms with Gasteiger partial charge in [0.2, 0.25) is 5.91 Å². The number of carbonyl (C=O) groups is 2. The first-order chi connectivity index (χ1) is 10.0. The molecule has 6 nitrogen and oxygen atoms in total. The molecule has 0 aromatic heterocycles. The Balaban J connectivity index is 2.29. The van der Waals surface area contributed by atoms with E-state index in [0.29, 0.717) is 23.1 Å². The van der Waals surface area contributed by atoms with Crippen LogP contribution >= 0.6 is 11.8 Å². The summed E-state index contributed by atoms with van der Waals surface area (Å²) in [6.07, 6.45) is -0.0670. The van der Waals surface area contributed by atoms with Crippen LogP contribution in [-0.2, 0) is 9.59 Å². The second-order valence-electron chi connectivity index (χ2n) is 4.36. The van der Waals surface area contributed by atoms with Gasteiger partial charge in [-0.1, -0.05) is 11.8 Å². The number of aliphatic carboxylic acids is 1. The highest BCUT2D eigenvalue weighted by Crippen LogP contribution is 2.29. The van der Waals surface area contributed by atoms with Crippen molar-refractivity contribution in [1.29, 1.82) is 0 Å². The first kappa shape index (κ1) is 15.4. The summed E-state index contributed by atoms with van der Waals surface area (Å²) >= 11 is 1.04. The van der Waals surface area contributed by atoms with Gasteiger partial charge in [-0.2, -0.15) is 0 Å². The Kier molecular flexibility index (Phi) is 4.85. The lowest BCUT2D eigenvalue weighted by molar-refractivity contribution is -0.304. The summed E-state index contributed by atoms with van der Waals surface area (Å²) in [5.74, 6) is -0.796. The number of ether oxygens (including phenoxy) is 1. The third kappa shape index (κ3) is 3.55. The lowest BCUT2D eigenvalue weighted by atomic mass is 10.2. The smallest absolute Gasteiger partial charge is 0.230 e. The molecule has 1 aliphatic rings. The molecular weight excluding hydrogens is 292 g/mol. The van der Waals surface area contributed by atoms with Crippen molar-refractivity contribution in [3.05, 3.63) is 24.3 Å². The third-order valence-corrected chi connectivity index (χ3v) is 4.18. The zero-order valence-electron chi connectivity index (χ0n) is 11.7. The van der Waals surface area contributed by atoms with Gasteiger partial charge in [-0.05, 0) is 31.2 Å². The van der Waals surface area contributed by atoms with Crippen LogP contribution in [-0.4, -0.2) is 40.8 Å². The summed E-state index contributed by atoms with van der Waals surface area (Å²) in [4.78, 5) is 28.8. The fourth-order valence-corrected chi connectivity index (χ4v) is 3.00. The Bertz CT molecular complexity index is 571. The van der Waals surface area contributed by atoms with Crippen LogP contribution in [0.4, 0.5) is 5.69 Å². The average Bonchev–Trinajstić information content (AvgIpc) is 2.47. The molecule has 1 fully saturated rings. The maximum absolute atomic E-state index is 12.0. The van der Waals surface area contributed by atoms with Crippen molar-refractivity contribution in [3.63, 3.8) is 0 Å². The van der Waals surface area contributed by atoms with Gasteiger partial charge in [0, 0.05) is 13.0 Å². The number of carboxylic acids is 1. The van der Waals surface area contributed by atoms with Gasteiger partial charge in [-0.3, -0.25) is 9.69 Å². The third-order valence-electron chi connectivity index (χ3n) is 3.02. The molecule has 0 radical (unpaired) electrons. The summed E-state index contributed by atoms with van der Waals surface area (Å²) in [6.45, 7) is 2.27. The normalized spacial score (nSPS) is 20.7. The van der Waals surface area contributed by atoms with E-state index in [4.69, 9.17) is 4.74 Å². The molecule has 0 unspecified atom stereocenters. The summed E-state index contributed by atoms with van der Waals surface area (Å²) < 4.78 is 5.06. The topological polar surface area (TPSA) is 82.0 Å². The van der Waals surface area contributed by atoms with E-state index in [1.54, 1.807) is 31.4 Å². The highest BCUT2D eigenvalue weighted by Gasteiger charge is 2.31. The number of carboxylic acid groups (broad SMARTS) is 1. The van der Waals surface area contributed by atoms with Crippen LogP contribution in [0.2, 0.25) is 0 Å². The largest absolute Gasteiger partial charge is 0.549 e. The van der Waals surface area contributed by atoms with E-state index >= 15 is 0 Å². The molecule has 1 aromatic carbocycles. The lowest BCUT2D eigenvalue weighted by Crippen LogP contribution is -2.47. The summed E-state index contributed by atoms with van der Waals surface area (Å²) in [6, 6.07) is 6.99. The number of amides is 1. The van der Waals surface area contributed by atoms with E-state index in [9.17, 15) is 14.7 Å². The molecule has 0 saturated carbocycles. The van der Waals surface area contributed by atoms with Crippen molar-refractivity contribution in [2.45, 2.75) is 18.6 Å². The molecule has 7 heteroatoms. The molecule has 0 N–H and O–H groups in total. The highest BCUT2D eigenvalue weighted by atomic mass is 32.2. The molecule has 1 heterocycles. The molecular formula is C14H15N2O4S-. The monoisotopic (exact) mass is 307 g/mol. The molecule has 21 heavy (non-hydrogen) atoms.